The van der Waals surface area contributed by atoms with Gasteiger partial charge in [-0.15, -0.1) is 0 Å². The van der Waals surface area contributed by atoms with Crippen molar-refractivity contribution in [3.8, 4) is 0 Å². The number of carbonyl (C=O) groups is 1. The Morgan fingerprint density at radius 3 is 2.52 bits per heavy atom. The summed E-state index contributed by atoms with van der Waals surface area (Å²) in [7, 11) is 1.39. The van der Waals surface area contributed by atoms with Gasteiger partial charge in [0, 0.05) is 5.56 Å². The highest BCUT2D eigenvalue weighted by Crippen LogP contribution is 2.35. The van der Waals surface area contributed by atoms with Gasteiger partial charge in [-0.05, 0) is 30.6 Å². The van der Waals surface area contributed by atoms with Gasteiger partial charge in [-0.25, -0.2) is 4.79 Å². The Balaban J connectivity index is 2.13. The average molecular weight is 347 g/mol. The lowest BCUT2D eigenvalue weighted by Crippen LogP contribution is -2.41. The van der Waals surface area contributed by atoms with Crippen LogP contribution in [0.1, 0.15) is 45.6 Å². The molecule has 0 aliphatic heterocycles. The smallest absolute Gasteiger partial charge is 0.341 e. The predicted molar refractivity (Wildman–Crippen MR) is 97.2 cm³/mol. The molecule has 1 aromatic rings. The number of rotatable bonds is 6. The minimum absolute atomic E-state index is 0.162. The van der Waals surface area contributed by atoms with E-state index in [9.17, 15) is 9.90 Å². The van der Waals surface area contributed by atoms with E-state index >= 15 is 0 Å². The van der Waals surface area contributed by atoms with Crippen molar-refractivity contribution >= 4 is 11.7 Å². The lowest BCUT2D eigenvalue weighted by molar-refractivity contribution is -0.162. The zero-order valence-electron chi connectivity index (χ0n) is 15.5. The van der Waals surface area contributed by atoms with Gasteiger partial charge in [0.1, 0.15) is 18.9 Å². The molecule has 4 atom stereocenters. The molecule has 0 heterocycles. The van der Waals surface area contributed by atoms with Crippen molar-refractivity contribution in [3.05, 3.63) is 35.9 Å². The van der Waals surface area contributed by atoms with Gasteiger partial charge in [0.2, 0.25) is 0 Å². The molecule has 1 aliphatic rings. The normalized spacial score (nSPS) is 25.5. The third kappa shape index (κ3) is 5.05. The van der Waals surface area contributed by atoms with Gasteiger partial charge in [-0.2, -0.15) is 0 Å². The average Bonchev–Trinajstić information content (AvgIpc) is 2.59. The first-order chi connectivity index (χ1) is 11.9. The topological polar surface area (TPSA) is 68.1 Å². The van der Waals surface area contributed by atoms with E-state index < -0.39 is 12.1 Å². The Morgan fingerprint density at radius 2 is 1.92 bits per heavy atom. The van der Waals surface area contributed by atoms with Crippen molar-refractivity contribution in [1.29, 1.82) is 0 Å². The number of esters is 1. The molecule has 1 aromatic carbocycles. The minimum atomic E-state index is -1.47. The summed E-state index contributed by atoms with van der Waals surface area (Å²) in [6, 6.07) is 9.03. The van der Waals surface area contributed by atoms with Crippen LogP contribution in [-0.4, -0.2) is 36.1 Å². The fourth-order valence-electron chi connectivity index (χ4n) is 3.54. The molecular weight excluding hydrogens is 318 g/mol. The van der Waals surface area contributed by atoms with Gasteiger partial charge in [-0.3, -0.25) is 0 Å². The third-order valence-electron chi connectivity index (χ3n) is 4.97. The summed E-state index contributed by atoms with van der Waals surface area (Å²) in [5.74, 6) is 0.617. The monoisotopic (exact) mass is 347 g/mol. The van der Waals surface area contributed by atoms with E-state index in [4.69, 9.17) is 9.57 Å². The van der Waals surface area contributed by atoms with Crippen LogP contribution in [0.15, 0.2) is 35.5 Å². The van der Waals surface area contributed by atoms with Crippen LogP contribution in [0.25, 0.3) is 0 Å². The summed E-state index contributed by atoms with van der Waals surface area (Å²) in [6.07, 6.45) is 1.41. The molecule has 1 fully saturated rings. The fourth-order valence-corrected chi connectivity index (χ4v) is 3.54. The van der Waals surface area contributed by atoms with Crippen LogP contribution >= 0.6 is 0 Å². The summed E-state index contributed by atoms with van der Waals surface area (Å²) >= 11 is 0. The molecule has 5 heteroatoms. The standard InChI is InChI=1S/C20H29NO4/c1-13(2)16-11-10-14(3)12-17(16)25-20(23)19(22)18(21-24-4)15-8-6-5-7-9-15/h5-9,13-14,16-17,19,22H,10-12H2,1-4H3/b21-18+/t14-,16+,17-,19+/m1/s1. The summed E-state index contributed by atoms with van der Waals surface area (Å²) < 4.78 is 5.72. The molecule has 138 valence electrons. The van der Waals surface area contributed by atoms with Gasteiger partial charge >= 0.3 is 5.97 Å². The number of benzene rings is 1. The van der Waals surface area contributed by atoms with Gasteiger partial charge in [-0.1, -0.05) is 62.7 Å². The molecule has 1 saturated carbocycles. The Labute approximate surface area is 150 Å². The summed E-state index contributed by atoms with van der Waals surface area (Å²) in [5, 5.41) is 14.3. The van der Waals surface area contributed by atoms with Crippen LogP contribution in [0.4, 0.5) is 0 Å². The highest BCUT2D eigenvalue weighted by molar-refractivity contribution is 6.13. The van der Waals surface area contributed by atoms with Crippen molar-refractivity contribution < 1.29 is 19.5 Å². The maximum absolute atomic E-state index is 12.6. The highest BCUT2D eigenvalue weighted by atomic mass is 16.6. The molecule has 1 N–H and O–H groups in total. The first-order valence-corrected chi connectivity index (χ1v) is 8.99. The lowest BCUT2D eigenvalue weighted by atomic mass is 9.75. The molecule has 1 aliphatic carbocycles. The molecule has 25 heavy (non-hydrogen) atoms. The number of hydrogen-bond acceptors (Lipinski definition) is 5. The molecule has 0 unspecified atom stereocenters. The van der Waals surface area contributed by atoms with Gasteiger partial charge in [0.25, 0.3) is 0 Å². The number of carbonyl (C=O) groups excluding carboxylic acids is 1. The van der Waals surface area contributed by atoms with Crippen LogP contribution in [0.2, 0.25) is 0 Å². The van der Waals surface area contributed by atoms with E-state index in [0.717, 1.165) is 19.3 Å². The molecule has 0 radical (unpaired) electrons. The van der Waals surface area contributed by atoms with Crippen molar-refractivity contribution in [3.63, 3.8) is 0 Å². The van der Waals surface area contributed by atoms with Crippen LogP contribution < -0.4 is 0 Å². The van der Waals surface area contributed by atoms with Gasteiger partial charge < -0.3 is 14.7 Å². The molecule has 0 bridgehead atoms. The third-order valence-corrected chi connectivity index (χ3v) is 4.97. The van der Waals surface area contributed by atoms with Crippen LogP contribution in [0.5, 0.6) is 0 Å². The maximum atomic E-state index is 12.6. The van der Waals surface area contributed by atoms with Crippen LogP contribution in [0.3, 0.4) is 0 Å². The zero-order valence-corrected chi connectivity index (χ0v) is 15.5. The molecular formula is C20H29NO4. The summed E-state index contributed by atoms with van der Waals surface area (Å²) in [5.41, 5.74) is 0.796. The molecule has 0 amide bonds. The number of oxime groups is 1. The van der Waals surface area contributed by atoms with Crippen LogP contribution in [0, 0.1) is 17.8 Å². The number of nitrogens with zero attached hydrogens (tertiary/aromatic N) is 1. The lowest BCUT2D eigenvalue weighted by Gasteiger charge is -2.37. The number of ether oxygens (including phenoxy) is 1. The first-order valence-electron chi connectivity index (χ1n) is 8.99. The van der Waals surface area contributed by atoms with Crippen molar-refractivity contribution in [2.75, 3.05) is 7.11 Å². The fraction of sp³-hybridized carbons (Fsp3) is 0.600. The van der Waals surface area contributed by atoms with Crippen LogP contribution in [-0.2, 0) is 14.4 Å². The molecule has 0 spiro atoms. The number of hydrogen-bond donors (Lipinski definition) is 1. The van der Waals surface area contributed by atoms with E-state index in [-0.39, 0.29) is 11.8 Å². The van der Waals surface area contributed by atoms with Gasteiger partial charge in [0.15, 0.2) is 6.10 Å². The van der Waals surface area contributed by atoms with E-state index in [1.807, 2.05) is 18.2 Å². The van der Waals surface area contributed by atoms with Gasteiger partial charge in [0.05, 0.1) is 0 Å². The van der Waals surface area contributed by atoms with E-state index in [0.29, 0.717) is 23.3 Å². The first kappa shape index (κ1) is 19.4. The highest BCUT2D eigenvalue weighted by Gasteiger charge is 2.36. The number of aliphatic hydroxyl groups excluding tert-OH is 1. The van der Waals surface area contributed by atoms with E-state index in [1.54, 1.807) is 12.1 Å². The van der Waals surface area contributed by atoms with E-state index in [1.165, 1.54) is 7.11 Å². The van der Waals surface area contributed by atoms with Crippen molar-refractivity contribution in [1.82, 2.24) is 0 Å². The largest absolute Gasteiger partial charge is 0.460 e. The van der Waals surface area contributed by atoms with Crippen molar-refractivity contribution in [2.45, 2.75) is 52.2 Å². The summed E-state index contributed by atoms with van der Waals surface area (Å²) in [4.78, 5) is 17.4. The Hall–Kier alpha value is -1.88. The second-order valence-electron chi connectivity index (χ2n) is 7.23. The molecule has 5 nitrogen and oxygen atoms in total. The maximum Gasteiger partial charge on any atom is 0.341 e. The second-order valence-corrected chi connectivity index (χ2v) is 7.23. The van der Waals surface area contributed by atoms with E-state index in [2.05, 4.69) is 25.9 Å². The predicted octanol–water partition coefficient (Wildman–Crippen LogP) is 3.40. The SMILES string of the molecule is CO/N=C(\c1ccccc1)[C@H](O)C(=O)O[C@@H]1C[C@H](C)CC[C@H]1C(C)C. The second kappa shape index (κ2) is 8.99. The summed E-state index contributed by atoms with van der Waals surface area (Å²) in [6.45, 7) is 6.48. The Kier molecular flexibility index (Phi) is 7.00. The molecule has 0 saturated heterocycles. The molecule has 2 rings (SSSR count). The quantitative estimate of drug-likeness (QED) is 0.486. The Bertz CT molecular complexity index is 585. The van der Waals surface area contributed by atoms with Crippen molar-refractivity contribution in [2.24, 2.45) is 22.9 Å². The minimum Gasteiger partial charge on any atom is -0.460 e. The zero-order chi connectivity index (χ0) is 18.4. The molecule has 0 aromatic heterocycles. The Morgan fingerprint density at radius 1 is 1.24 bits per heavy atom. The number of aliphatic hydroxyl groups is 1.